The number of aliphatic imine (C=N–C) groups is 1. The van der Waals surface area contributed by atoms with E-state index in [0.29, 0.717) is 0 Å². The highest BCUT2D eigenvalue weighted by Crippen LogP contribution is 2.28. The second-order valence-corrected chi connectivity index (χ2v) is 6.89. The van der Waals surface area contributed by atoms with E-state index >= 15 is 0 Å². The summed E-state index contributed by atoms with van der Waals surface area (Å²) in [4.78, 5) is 6.71. The molecule has 0 spiro atoms. The average molecular weight is 448 g/mol. The van der Waals surface area contributed by atoms with Gasteiger partial charge >= 0.3 is 0 Å². The standard InChI is InChI=1S/C17H32N6.HI/c1-15-6-8-16(9-7-15)12-22(3)17(18-2)19-10-4-5-11-23-13-20-21-14-23;/h13-16H,4-12H2,1-3H3,(H,18,19);1H. The van der Waals surface area contributed by atoms with Gasteiger partial charge in [-0.3, -0.25) is 4.99 Å². The van der Waals surface area contributed by atoms with Crippen molar-refractivity contribution in [1.82, 2.24) is 25.0 Å². The van der Waals surface area contributed by atoms with Gasteiger partial charge in [0.25, 0.3) is 0 Å². The number of halogens is 1. The second kappa shape index (κ2) is 11.7. The molecule has 24 heavy (non-hydrogen) atoms. The van der Waals surface area contributed by atoms with Crippen molar-refractivity contribution in [3.05, 3.63) is 12.7 Å². The van der Waals surface area contributed by atoms with Crippen molar-refractivity contribution in [3.8, 4) is 0 Å². The first-order valence-corrected chi connectivity index (χ1v) is 8.93. The van der Waals surface area contributed by atoms with Crippen LogP contribution in [0, 0.1) is 11.8 Å². The molecule has 7 heteroatoms. The molecule has 1 N–H and O–H groups in total. The Bertz CT molecular complexity index is 454. The summed E-state index contributed by atoms with van der Waals surface area (Å²) in [5.41, 5.74) is 0. The molecule has 0 unspecified atom stereocenters. The molecule has 1 aliphatic carbocycles. The van der Waals surface area contributed by atoms with Gasteiger partial charge in [-0.15, -0.1) is 34.2 Å². The van der Waals surface area contributed by atoms with Crippen LogP contribution in [0.3, 0.4) is 0 Å². The van der Waals surface area contributed by atoms with Crippen molar-refractivity contribution >= 4 is 29.9 Å². The van der Waals surface area contributed by atoms with Gasteiger partial charge in [0.2, 0.25) is 0 Å². The number of hydrogen-bond donors (Lipinski definition) is 1. The van der Waals surface area contributed by atoms with Crippen LogP contribution in [-0.4, -0.2) is 52.8 Å². The second-order valence-electron chi connectivity index (χ2n) is 6.89. The Morgan fingerprint density at radius 1 is 1.21 bits per heavy atom. The number of rotatable bonds is 7. The number of aryl methyl sites for hydroxylation is 1. The molecule has 6 nitrogen and oxygen atoms in total. The largest absolute Gasteiger partial charge is 0.356 e. The van der Waals surface area contributed by atoms with Crippen LogP contribution in [0.15, 0.2) is 17.6 Å². The van der Waals surface area contributed by atoms with E-state index < -0.39 is 0 Å². The molecule has 138 valence electrons. The van der Waals surface area contributed by atoms with E-state index in [0.717, 1.165) is 50.3 Å². The summed E-state index contributed by atoms with van der Waals surface area (Å²) in [7, 11) is 4.03. The molecule has 1 aliphatic rings. The average Bonchev–Trinajstić information content (AvgIpc) is 3.06. The zero-order valence-electron chi connectivity index (χ0n) is 15.3. The third-order valence-corrected chi connectivity index (χ3v) is 4.83. The van der Waals surface area contributed by atoms with Crippen LogP contribution in [0.2, 0.25) is 0 Å². The van der Waals surface area contributed by atoms with Gasteiger partial charge < -0.3 is 14.8 Å². The zero-order chi connectivity index (χ0) is 16.5. The van der Waals surface area contributed by atoms with Crippen LogP contribution in [-0.2, 0) is 6.54 Å². The first-order valence-electron chi connectivity index (χ1n) is 8.93. The quantitative estimate of drug-likeness (QED) is 0.302. The molecule has 1 aromatic rings. The van der Waals surface area contributed by atoms with Crippen molar-refractivity contribution in [3.63, 3.8) is 0 Å². The zero-order valence-corrected chi connectivity index (χ0v) is 17.6. The number of hydrogen-bond acceptors (Lipinski definition) is 3. The predicted molar refractivity (Wildman–Crippen MR) is 110 cm³/mol. The fraction of sp³-hybridized carbons (Fsp3) is 0.824. The fourth-order valence-electron chi connectivity index (χ4n) is 3.33. The Hall–Kier alpha value is -0.860. The Labute approximate surface area is 163 Å². The van der Waals surface area contributed by atoms with Gasteiger partial charge in [0.05, 0.1) is 0 Å². The summed E-state index contributed by atoms with van der Waals surface area (Å²) >= 11 is 0. The lowest BCUT2D eigenvalue weighted by Gasteiger charge is -2.31. The lowest BCUT2D eigenvalue weighted by atomic mass is 9.83. The lowest BCUT2D eigenvalue weighted by Crippen LogP contribution is -2.42. The molecule has 1 heterocycles. The predicted octanol–water partition coefficient (Wildman–Crippen LogP) is 3.01. The Balaban J connectivity index is 0.00000288. The summed E-state index contributed by atoms with van der Waals surface area (Å²) in [5.74, 6) is 2.76. The monoisotopic (exact) mass is 448 g/mol. The van der Waals surface area contributed by atoms with E-state index in [-0.39, 0.29) is 24.0 Å². The summed E-state index contributed by atoms with van der Waals surface area (Å²) in [6.45, 7) is 5.43. The first-order chi connectivity index (χ1) is 11.2. The minimum atomic E-state index is 0. The molecule has 0 saturated heterocycles. The van der Waals surface area contributed by atoms with Gasteiger partial charge in [-0.05, 0) is 37.5 Å². The van der Waals surface area contributed by atoms with Gasteiger partial charge in [-0.1, -0.05) is 19.8 Å². The molecule has 0 atom stereocenters. The molecule has 0 aliphatic heterocycles. The lowest BCUT2D eigenvalue weighted by molar-refractivity contribution is 0.250. The van der Waals surface area contributed by atoms with Crippen LogP contribution < -0.4 is 5.32 Å². The van der Waals surface area contributed by atoms with Gasteiger partial charge in [-0.25, -0.2) is 0 Å². The minimum absolute atomic E-state index is 0. The molecule has 0 amide bonds. The van der Waals surface area contributed by atoms with E-state index in [4.69, 9.17) is 0 Å². The maximum absolute atomic E-state index is 4.42. The van der Waals surface area contributed by atoms with Crippen LogP contribution in [0.25, 0.3) is 0 Å². The molecule has 0 aromatic carbocycles. The number of nitrogens with one attached hydrogen (secondary N) is 1. The maximum Gasteiger partial charge on any atom is 0.193 e. The fourth-order valence-corrected chi connectivity index (χ4v) is 3.33. The van der Waals surface area contributed by atoms with E-state index in [1.54, 1.807) is 12.7 Å². The SMILES string of the molecule is CN=C(NCCCCn1cnnc1)N(C)CC1CCC(C)CC1.I. The summed E-state index contributed by atoms with van der Waals surface area (Å²) < 4.78 is 2.02. The van der Waals surface area contributed by atoms with Gasteiger partial charge in [0, 0.05) is 33.7 Å². The molecule has 0 bridgehead atoms. The highest BCUT2D eigenvalue weighted by Gasteiger charge is 2.20. The third-order valence-electron chi connectivity index (χ3n) is 4.83. The van der Waals surface area contributed by atoms with Gasteiger partial charge in [-0.2, -0.15) is 0 Å². The van der Waals surface area contributed by atoms with Crippen LogP contribution >= 0.6 is 24.0 Å². The first kappa shape index (κ1) is 21.2. The van der Waals surface area contributed by atoms with Crippen LogP contribution in [0.5, 0.6) is 0 Å². The smallest absolute Gasteiger partial charge is 0.193 e. The molecule has 1 saturated carbocycles. The Morgan fingerprint density at radius 2 is 1.88 bits per heavy atom. The van der Waals surface area contributed by atoms with E-state index in [1.165, 1.54) is 25.7 Å². The van der Waals surface area contributed by atoms with Gasteiger partial charge in [0.1, 0.15) is 12.7 Å². The molecular weight excluding hydrogens is 415 g/mol. The van der Waals surface area contributed by atoms with E-state index in [2.05, 4.69) is 39.4 Å². The van der Waals surface area contributed by atoms with Crippen molar-refractivity contribution in [2.75, 3.05) is 27.2 Å². The topological polar surface area (TPSA) is 58.3 Å². The van der Waals surface area contributed by atoms with Crippen molar-refractivity contribution in [2.45, 2.75) is 52.0 Å². The van der Waals surface area contributed by atoms with Crippen molar-refractivity contribution in [2.24, 2.45) is 16.8 Å². The van der Waals surface area contributed by atoms with Crippen molar-refractivity contribution < 1.29 is 0 Å². The molecular formula is C17H33IN6. The molecule has 1 aromatic heterocycles. The third kappa shape index (κ3) is 7.36. The summed E-state index contributed by atoms with van der Waals surface area (Å²) in [5, 5.41) is 11.1. The molecule has 1 fully saturated rings. The molecule has 0 radical (unpaired) electrons. The minimum Gasteiger partial charge on any atom is -0.356 e. The number of unbranched alkanes of at least 4 members (excludes halogenated alkanes) is 1. The van der Waals surface area contributed by atoms with Crippen LogP contribution in [0.1, 0.15) is 45.4 Å². The Morgan fingerprint density at radius 3 is 2.50 bits per heavy atom. The highest BCUT2D eigenvalue weighted by molar-refractivity contribution is 14.0. The molecule has 2 rings (SSSR count). The Kier molecular flexibility index (Phi) is 10.3. The summed E-state index contributed by atoms with van der Waals surface area (Å²) in [6.07, 6.45) is 11.3. The van der Waals surface area contributed by atoms with Crippen molar-refractivity contribution in [1.29, 1.82) is 0 Å². The number of guanidine groups is 1. The number of aromatic nitrogens is 3. The normalized spacial score (nSPS) is 21.2. The van der Waals surface area contributed by atoms with Crippen LogP contribution in [0.4, 0.5) is 0 Å². The summed E-state index contributed by atoms with van der Waals surface area (Å²) in [6, 6.07) is 0. The van der Waals surface area contributed by atoms with E-state index in [9.17, 15) is 0 Å². The number of nitrogens with zero attached hydrogens (tertiary/aromatic N) is 5. The van der Waals surface area contributed by atoms with E-state index in [1.807, 2.05) is 11.6 Å². The maximum atomic E-state index is 4.42. The van der Waals surface area contributed by atoms with Gasteiger partial charge in [0.15, 0.2) is 5.96 Å². The highest BCUT2D eigenvalue weighted by atomic mass is 127.